The monoisotopic (exact) mass is 471 g/mol. The molecule has 0 radical (unpaired) electrons. The maximum Gasteiger partial charge on any atom is 0.227 e. The van der Waals surface area contributed by atoms with Gasteiger partial charge in [0.1, 0.15) is 11.5 Å². The zero-order valence-corrected chi connectivity index (χ0v) is 21.1. The van der Waals surface area contributed by atoms with Crippen LogP contribution in [0, 0.1) is 0 Å². The van der Waals surface area contributed by atoms with E-state index in [1.807, 2.05) is 25.1 Å². The van der Waals surface area contributed by atoms with Gasteiger partial charge in [-0.1, -0.05) is 38.1 Å². The summed E-state index contributed by atoms with van der Waals surface area (Å²) in [4.78, 5) is 14.9. The van der Waals surface area contributed by atoms with Crippen LogP contribution in [0.3, 0.4) is 0 Å². The van der Waals surface area contributed by atoms with Crippen molar-refractivity contribution in [3.63, 3.8) is 0 Å². The minimum absolute atomic E-state index is 0.0270. The number of hydrogen-bond acceptors (Lipinski definition) is 6. The van der Waals surface area contributed by atoms with E-state index >= 15 is 0 Å². The maximum absolute atomic E-state index is 12.7. The largest absolute Gasteiger partial charge is 0.508 e. The highest BCUT2D eigenvalue weighted by Crippen LogP contribution is 2.25. The van der Waals surface area contributed by atoms with Crippen molar-refractivity contribution in [2.45, 2.75) is 58.6 Å². The van der Waals surface area contributed by atoms with Crippen LogP contribution in [0.2, 0.25) is 0 Å². The Morgan fingerprint density at radius 3 is 2.29 bits per heavy atom. The van der Waals surface area contributed by atoms with Gasteiger partial charge in [-0.2, -0.15) is 0 Å². The number of aliphatic hydroxyl groups excluding tert-OH is 1. The number of aliphatic hydroxyl groups is 1. The van der Waals surface area contributed by atoms with Gasteiger partial charge in [-0.25, -0.2) is 0 Å². The third-order valence-corrected chi connectivity index (χ3v) is 6.20. The summed E-state index contributed by atoms with van der Waals surface area (Å²) < 4.78 is 0. The second-order valence-electron chi connectivity index (χ2n) is 9.52. The molecule has 2 aromatic carbocycles. The second kappa shape index (κ2) is 12.7. The molecule has 0 heterocycles. The molecule has 0 aromatic heterocycles. The maximum atomic E-state index is 12.7. The first-order valence-electron chi connectivity index (χ1n) is 12.1. The molecule has 0 aliphatic heterocycles. The van der Waals surface area contributed by atoms with Gasteiger partial charge in [0.15, 0.2) is 0 Å². The number of benzene rings is 2. The Morgan fingerprint density at radius 2 is 1.68 bits per heavy atom. The number of β-amino-alcohol motifs (C(OH)–C–C–N with tert-alkyl or cyclic N) is 1. The fourth-order valence-corrected chi connectivity index (χ4v) is 4.03. The second-order valence-corrected chi connectivity index (χ2v) is 9.52. The number of hydrogen-bond donors (Lipinski definition) is 5. The number of phenols is 2. The molecule has 0 bridgehead atoms. The average Bonchev–Trinajstić information content (AvgIpc) is 2.79. The van der Waals surface area contributed by atoms with Crippen molar-refractivity contribution in [3.05, 3.63) is 59.2 Å². The van der Waals surface area contributed by atoms with Crippen molar-refractivity contribution >= 4 is 5.91 Å². The van der Waals surface area contributed by atoms with Crippen LogP contribution in [0.1, 0.15) is 63.3 Å². The summed E-state index contributed by atoms with van der Waals surface area (Å²) in [5, 5.41) is 36.2. The summed E-state index contributed by atoms with van der Waals surface area (Å²) in [5.41, 5.74) is 2.20. The molecule has 0 aliphatic carbocycles. The van der Waals surface area contributed by atoms with Crippen LogP contribution in [0.25, 0.3) is 0 Å². The normalized spacial score (nSPS) is 13.6. The Balaban J connectivity index is 1.94. The van der Waals surface area contributed by atoms with Crippen LogP contribution in [-0.2, 0) is 11.2 Å². The Labute approximate surface area is 203 Å². The van der Waals surface area contributed by atoms with Gasteiger partial charge in [0, 0.05) is 31.2 Å². The van der Waals surface area contributed by atoms with Crippen molar-refractivity contribution in [3.8, 4) is 11.5 Å². The van der Waals surface area contributed by atoms with Crippen molar-refractivity contribution in [2.24, 2.45) is 0 Å². The number of carbonyl (C=O) groups is 1. The van der Waals surface area contributed by atoms with Crippen molar-refractivity contribution in [1.29, 1.82) is 0 Å². The van der Waals surface area contributed by atoms with Crippen LogP contribution in [0.5, 0.6) is 11.5 Å². The van der Waals surface area contributed by atoms with Gasteiger partial charge < -0.3 is 30.9 Å². The molecule has 0 saturated carbocycles. The Morgan fingerprint density at radius 1 is 1.03 bits per heavy atom. The molecule has 7 nitrogen and oxygen atoms in total. The molecule has 0 saturated heterocycles. The van der Waals surface area contributed by atoms with E-state index in [4.69, 9.17) is 0 Å². The third kappa shape index (κ3) is 8.63. The van der Waals surface area contributed by atoms with Crippen LogP contribution in [0.15, 0.2) is 42.5 Å². The highest BCUT2D eigenvalue weighted by atomic mass is 16.3. The Hall–Kier alpha value is -2.61. The van der Waals surface area contributed by atoms with E-state index in [9.17, 15) is 20.1 Å². The van der Waals surface area contributed by atoms with Crippen LogP contribution < -0.4 is 10.6 Å². The lowest BCUT2D eigenvalue weighted by molar-refractivity contribution is -0.122. The number of likely N-dealkylation sites (N-methyl/N-ethyl adjacent to an activating group) is 1. The molecule has 0 spiro atoms. The molecule has 34 heavy (non-hydrogen) atoms. The molecule has 2 atom stereocenters. The summed E-state index contributed by atoms with van der Waals surface area (Å²) in [6.45, 7) is 14.0. The molecular formula is C27H41N3O4. The fourth-order valence-electron chi connectivity index (χ4n) is 4.03. The Kier molecular flexibility index (Phi) is 10.4. The van der Waals surface area contributed by atoms with E-state index in [1.165, 1.54) is 18.2 Å². The zero-order chi connectivity index (χ0) is 25.3. The summed E-state index contributed by atoms with van der Waals surface area (Å²) in [7, 11) is 0. The van der Waals surface area contributed by atoms with Gasteiger partial charge in [-0.3, -0.25) is 4.79 Å². The lowest BCUT2D eigenvalue weighted by Gasteiger charge is -2.28. The lowest BCUT2D eigenvalue weighted by Crippen LogP contribution is -2.43. The topological polar surface area (TPSA) is 105 Å². The van der Waals surface area contributed by atoms with Crippen molar-refractivity contribution in [1.82, 2.24) is 15.5 Å². The zero-order valence-electron chi connectivity index (χ0n) is 21.1. The minimum Gasteiger partial charge on any atom is -0.508 e. The number of nitrogens with zero attached hydrogens (tertiary/aromatic N) is 1. The first kappa shape index (κ1) is 27.6. The summed E-state index contributed by atoms with van der Waals surface area (Å²) in [6, 6.07) is 12.2. The molecule has 2 rings (SSSR count). The summed E-state index contributed by atoms with van der Waals surface area (Å²) >= 11 is 0. The third-order valence-electron chi connectivity index (χ3n) is 6.20. The SMILES string of the molecule is CCN(CC)CCNC(=O)C(C)c1cccc(CC(C)(C)NCC(O)c2cc(O)cc(O)c2)c1. The van der Waals surface area contributed by atoms with Crippen LogP contribution >= 0.6 is 0 Å². The summed E-state index contributed by atoms with van der Waals surface area (Å²) in [5.74, 6) is -0.389. The minimum atomic E-state index is -0.872. The van der Waals surface area contributed by atoms with E-state index < -0.39 is 6.10 Å². The number of nitrogens with one attached hydrogen (secondary N) is 2. The average molecular weight is 472 g/mol. The molecule has 0 fully saturated rings. The number of carbonyl (C=O) groups excluding carboxylic acids is 1. The molecule has 5 N–H and O–H groups in total. The Bertz CT molecular complexity index is 908. The molecule has 2 aromatic rings. The molecule has 1 amide bonds. The van der Waals surface area contributed by atoms with Crippen molar-refractivity contribution < 1.29 is 20.1 Å². The van der Waals surface area contributed by atoms with Crippen molar-refractivity contribution in [2.75, 3.05) is 32.7 Å². The van der Waals surface area contributed by atoms with E-state index in [0.717, 1.165) is 30.8 Å². The molecular weight excluding hydrogens is 430 g/mol. The van der Waals surface area contributed by atoms with E-state index in [-0.39, 0.29) is 35.4 Å². The smallest absolute Gasteiger partial charge is 0.227 e. The summed E-state index contributed by atoms with van der Waals surface area (Å²) in [6.07, 6.45) is -0.168. The highest BCUT2D eigenvalue weighted by Gasteiger charge is 2.22. The lowest BCUT2D eigenvalue weighted by atomic mass is 9.91. The van der Waals surface area contributed by atoms with Crippen LogP contribution in [0.4, 0.5) is 0 Å². The number of aromatic hydroxyl groups is 2. The predicted octanol–water partition coefficient (Wildman–Crippen LogP) is 3.30. The van der Waals surface area contributed by atoms with E-state index in [2.05, 4.69) is 49.3 Å². The first-order valence-corrected chi connectivity index (χ1v) is 12.1. The number of rotatable bonds is 13. The van der Waals surface area contributed by atoms with E-state index in [0.29, 0.717) is 18.5 Å². The quantitative estimate of drug-likeness (QED) is 0.307. The van der Waals surface area contributed by atoms with Gasteiger partial charge in [-0.15, -0.1) is 0 Å². The van der Waals surface area contributed by atoms with Gasteiger partial charge in [0.05, 0.1) is 12.0 Å². The number of phenolic OH excluding ortho intramolecular Hbond substituents is 2. The van der Waals surface area contributed by atoms with Gasteiger partial charge in [0.25, 0.3) is 0 Å². The number of amides is 1. The highest BCUT2D eigenvalue weighted by molar-refractivity contribution is 5.83. The fraction of sp³-hybridized carbons (Fsp3) is 0.519. The van der Waals surface area contributed by atoms with Crippen LogP contribution in [-0.4, -0.2) is 64.4 Å². The first-order chi connectivity index (χ1) is 16.0. The molecule has 2 unspecified atom stereocenters. The van der Waals surface area contributed by atoms with Gasteiger partial charge in [-0.05, 0) is 69.1 Å². The van der Waals surface area contributed by atoms with E-state index in [1.54, 1.807) is 0 Å². The molecule has 0 aliphatic rings. The standard InChI is InChI=1S/C27H41N3O4/c1-6-30(7-2)12-11-28-26(34)19(3)21-10-8-9-20(13-21)17-27(4,5)29-18-25(33)22-14-23(31)16-24(32)15-22/h8-10,13-16,19,25,29,31-33H,6-7,11-12,17-18H2,1-5H3,(H,28,34). The van der Waals surface area contributed by atoms with Gasteiger partial charge >= 0.3 is 0 Å². The predicted molar refractivity (Wildman–Crippen MR) is 136 cm³/mol. The molecule has 188 valence electrons. The van der Waals surface area contributed by atoms with Gasteiger partial charge in [0.2, 0.25) is 5.91 Å². The molecule has 7 heteroatoms.